The predicted molar refractivity (Wildman–Crippen MR) is 83.4 cm³/mol. The number of esters is 1. The van der Waals surface area contributed by atoms with Crippen molar-refractivity contribution in [3.8, 4) is 0 Å². The van der Waals surface area contributed by atoms with Gasteiger partial charge in [-0.05, 0) is 44.0 Å². The van der Waals surface area contributed by atoms with Gasteiger partial charge in [0.2, 0.25) is 15.9 Å². The first kappa shape index (κ1) is 17.4. The van der Waals surface area contributed by atoms with Crippen LogP contribution in [0.15, 0.2) is 29.2 Å². The number of hydrogen-bond acceptors (Lipinski definition) is 5. The molecule has 1 fully saturated rings. The third kappa shape index (κ3) is 4.08. The summed E-state index contributed by atoms with van der Waals surface area (Å²) < 4.78 is 31.6. The molecule has 126 valence electrons. The molecule has 1 aromatic rings. The van der Waals surface area contributed by atoms with E-state index in [4.69, 9.17) is 0 Å². The van der Waals surface area contributed by atoms with E-state index < -0.39 is 22.0 Å². The number of carbonyl (C=O) groups excluding carboxylic acids is 2. The summed E-state index contributed by atoms with van der Waals surface area (Å²) in [7, 11) is -2.58. The molecule has 0 unspecified atom stereocenters. The van der Waals surface area contributed by atoms with Crippen molar-refractivity contribution in [2.45, 2.75) is 30.7 Å². The summed E-state index contributed by atoms with van der Waals surface area (Å²) in [6, 6.07) is 4.52. The van der Waals surface area contributed by atoms with E-state index in [2.05, 4.69) is 9.46 Å². The molecule has 1 aromatic carbocycles. The lowest BCUT2D eigenvalue weighted by molar-refractivity contribution is -0.131. The van der Waals surface area contributed by atoms with Crippen molar-refractivity contribution >= 4 is 21.9 Å². The lowest BCUT2D eigenvalue weighted by Gasteiger charge is -2.21. The van der Waals surface area contributed by atoms with Gasteiger partial charge in [-0.2, -0.15) is 4.72 Å². The number of nitrogens with zero attached hydrogens (tertiary/aromatic N) is 1. The molecule has 1 aliphatic rings. The van der Waals surface area contributed by atoms with Crippen LogP contribution in [0.3, 0.4) is 0 Å². The van der Waals surface area contributed by atoms with Crippen LogP contribution in [0.25, 0.3) is 0 Å². The van der Waals surface area contributed by atoms with E-state index >= 15 is 0 Å². The minimum absolute atomic E-state index is 0.00812. The summed E-state index contributed by atoms with van der Waals surface area (Å²) in [5, 5.41) is 0. The molecule has 1 saturated heterocycles. The molecule has 1 atom stereocenters. The van der Waals surface area contributed by atoms with E-state index in [9.17, 15) is 18.0 Å². The SMILES string of the molecule is COC(=O)c1ccc(S(=O)(=O)N[C@H](C)C(=O)N2CCCC2)cc1. The maximum atomic E-state index is 12.3. The summed E-state index contributed by atoms with van der Waals surface area (Å²) in [5.41, 5.74) is 0.257. The zero-order valence-corrected chi connectivity index (χ0v) is 13.9. The number of benzene rings is 1. The monoisotopic (exact) mass is 340 g/mol. The van der Waals surface area contributed by atoms with E-state index in [1.54, 1.807) is 4.90 Å². The van der Waals surface area contributed by atoms with Crippen molar-refractivity contribution in [1.82, 2.24) is 9.62 Å². The Hall–Kier alpha value is -1.93. The molecule has 23 heavy (non-hydrogen) atoms. The molecular formula is C15H20N2O5S. The smallest absolute Gasteiger partial charge is 0.337 e. The molecule has 1 N–H and O–H groups in total. The Morgan fingerprint density at radius 1 is 1.17 bits per heavy atom. The van der Waals surface area contributed by atoms with Gasteiger partial charge in [-0.25, -0.2) is 13.2 Å². The van der Waals surface area contributed by atoms with Crippen LogP contribution in [0.2, 0.25) is 0 Å². The van der Waals surface area contributed by atoms with Gasteiger partial charge in [0.05, 0.1) is 23.6 Å². The standard InChI is InChI=1S/C15H20N2O5S/c1-11(14(18)17-9-3-4-10-17)16-23(20,21)13-7-5-12(6-8-13)15(19)22-2/h5-8,11,16H,3-4,9-10H2,1-2H3/t11-/m1/s1. The predicted octanol–water partition coefficient (Wildman–Crippen LogP) is 0.762. The second-order valence-corrected chi connectivity index (χ2v) is 7.11. The Bertz CT molecular complexity index is 678. The Morgan fingerprint density at radius 3 is 2.26 bits per heavy atom. The van der Waals surface area contributed by atoms with Crippen LogP contribution in [0.5, 0.6) is 0 Å². The number of hydrogen-bond donors (Lipinski definition) is 1. The Kier molecular flexibility index (Phi) is 5.38. The van der Waals surface area contributed by atoms with Crippen LogP contribution in [0.1, 0.15) is 30.1 Å². The molecule has 8 heteroatoms. The molecule has 1 heterocycles. The molecule has 0 aromatic heterocycles. The fraction of sp³-hybridized carbons (Fsp3) is 0.467. The van der Waals surface area contributed by atoms with Crippen LogP contribution in [-0.4, -0.2) is 51.4 Å². The van der Waals surface area contributed by atoms with E-state index in [1.807, 2.05) is 0 Å². The Balaban J connectivity index is 2.08. The van der Waals surface area contributed by atoms with Crippen molar-refractivity contribution in [2.24, 2.45) is 0 Å². The van der Waals surface area contributed by atoms with Gasteiger partial charge in [0.1, 0.15) is 0 Å². The van der Waals surface area contributed by atoms with Gasteiger partial charge in [-0.15, -0.1) is 0 Å². The van der Waals surface area contributed by atoms with Crippen LogP contribution in [0.4, 0.5) is 0 Å². The fourth-order valence-corrected chi connectivity index (χ4v) is 3.65. The molecule has 7 nitrogen and oxygen atoms in total. The molecule has 1 amide bonds. The molecule has 1 aliphatic heterocycles. The molecule has 0 spiro atoms. The highest BCUT2D eigenvalue weighted by atomic mass is 32.2. The van der Waals surface area contributed by atoms with E-state index in [1.165, 1.54) is 38.3 Å². The minimum atomic E-state index is -3.83. The summed E-state index contributed by atoms with van der Waals surface area (Å²) in [5.74, 6) is -0.767. The molecule has 0 aliphatic carbocycles. The summed E-state index contributed by atoms with van der Waals surface area (Å²) >= 11 is 0. The van der Waals surface area contributed by atoms with Crippen LogP contribution in [-0.2, 0) is 19.6 Å². The number of amides is 1. The second kappa shape index (κ2) is 7.10. The highest BCUT2D eigenvalue weighted by Gasteiger charge is 2.27. The molecule has 0 bridgehead atoms. The van der Waals surface area contributed by atoms with Gasteiger partial charge in [0.25, 0.3) is 0 Å². The first-order valence-corrected chi connectivity index (χ1v) is 8.83. The number of ether oxygens (including phenoxy) is 1. The normalized spacial score (nSPS) is 16.2. The lowest BCUT2D eigenvalue weighted by atomic mass is 10.2. The number of sulfonamides is 1. The maximum absolute atomic E-state index is 12.3. The van der Waals surface area contributed by atoms with Crippen LogP contribution in [0, 0.1) is 0 Å². The second-order valence-electron chi connectivity index (χ2n) is 5.39. The molecular weight excluding hydrogens is 320 g/mol. The quantitative estimate of drug-likeness (QED) is 0.799. The maximum Gasteiger partial charge on any atom is 0.337 e. The van der Waals surface area contributed by atoms with Crippen molar-refractivity contribution in [1.29, 1.82) is 0 Å². The summed E-state index contributed by atoms with van der Waals surface area (Å²) in [6.07, 6.45) is 1.89. The number of nitrogens with one attached hydrogen (secondary N) is 1. The minimum Gasteiger partial charge on any atom is -0.465 e. The number of carbonyl (C=O) groups is 2. The summed E-state index contributed by atoms with van der Waals surface area (Å²) in [6.45, 7) is 2.86. The Morgan fingerprint density at radius 2 is 1.74 bits per heavy atom. The van der Waals surface area contributed by atoms with E-state index in [-0.39, 0.29) is 16.4 Å². The highest BCUT2D eigenvalue weighted by Crippen LogP contribution is 2.14. The number of rotatable bonds is 5. The van der Waals surface area contributed by atoms with E-state index in [0.29, 0.717) is 13.1 Å². The molecule has 0 saturated carbocycles. The van der Waals surface area contributed by atoms with Gasteiger partial charge in [-0.1, -0.05) is 0 Å². The summed E-state index contributed by atoms with van der Waals surface area (Å²) in [4.78, 5) is 25.2. The van der Waals surface area contributed by atoms with Crippen molar-refractivity contribution in [3.05, 3.63) is 29.8 Å². The number of methoxy groups -OCH3 is 1. The van der Waals surface area contributed by atoms with Gasteiger partial charge in [0.15, 0.2) is 0 Å². The van der Waals surface area contributed by atoms with Crippen molar-refractivity contribution in [3.63, 3.8) is 0 Å². The first-order chi connectivity index (χ1) is 10.8. The zero-order valence-electron chi connectivity index (χ0n) is 13.1. The molecule has 2 rings (SSSR count). The van der Waals surface area contributed by atoms with Gasteiger partial charge >= 0.3 is 5.97 Å². The van der Waals surface area contributed by atoms with Gasteiger partial charge < -0.3 is 9.64 Å². The first-order valence-electron chi connectivity index (χ1n) is 7.34. The van der Waals surface area contributed by atoms with Gasteiger partial charge in [0, 0.05) is 13.1 Å². The van der Waals surface area contributed by atoms with Crippen LogP contribution >= 0.6 is 0 Å². The van der Waals surface area contributed by atoms with E-state index in [0.717, 1.165) is 12.8 Å². The average molecular weight is 340 g/mol. The average Bonchev–Trinajstić information content (AvgIpc) is 3.07. The topological polar surface area (TPSA) is 92.8 Å². The zero-order chi connectivity index (χ0) is 17.0. The van der Waals surface area contributed by atoms with Gasteiger partial charge in [-0.3, -0.25) is 4.79 Å². The van der Waals surface area contributed by atoms with Crippen LogP contribution < -0.4 is 4.72 Å². The molecule has 0 radical (unpaired) electrons. The fourth-order valence-electron chi connectivity index (χ4n) is 2.45. The van der Waals surface area contributed by atoms with Crippen molar-refractivity contribution in [2.75, 3.05) is 20.2 Å². The third-order valence-corrected chi connectivity index (χ3v) is 5.26. The third-order valence-electron chi connectivity index (χ3n) is 3.71. The Labute approximate surface area is 135 Å². The largest absolute Gasteiger partial charge is 0.465 e. The lowest BCUT2D eigenvalue weighted by Crippen LogP contribution is -2.45. The van der Waals surface area contributed by atoms with Crippen molar-refractivity contribution < 1.29 is 22.7 Å². The number of likely N-dealkylation sites (tertiary alicyclic amines) is 1. The highest BCUT2D eigenvalue weighted by molar-refractivity contribution is 7.89.